The molecule has 13 heavy (non-hydrogen) atoms. The van der Waals surface area contributed by atoms with Crippen LogP contribution in [0.3, 0.4) is 0 Å². The van der Waals surface area contributed by atoms with Gasteiger partial charge in [-0.3, -0.25) is 4.79 Å². The molecule has 0 bridgehead atoms. The first-order valence-corrected chi connectivity index (χ1v) is 5.47. The number of Topliss-reactive ketones (excluding diaryl/α,β-unsaturated/α-hetero) is 1. The van der Waals surface area contributed by atoms with Gasteiger partial charge in [0.05, 0.1) is 0 Å². The number of carbonyl (C=O) groups excluding carboxylic acids is 1. The number of rotatable bonds is 5. The fraction of sp³-hybridized carbons (Fsp3) is 0.500. The second-order valence-electron chi connectivity index (χ2n) is 3.09. The Morgan fingerprint density at radius 2 is 2.46 bits per heavy atom. The molecule has 1 heterocycles. The van der Waals surface area contributed by atoms with Crippen LogP contribution >= 0.6 is 11.3 Å². The fourth-order valence-corrected chi connectivity index (χ4v) is 1.79. The number of nitrogens with one attached hydrogen (secondary N) is 1. The molecule has 0 fully saturated rings. The Morgan fingerprint density at radius 3 is 3.00 bits per heavy atom. The zero-order valence-corrected chi connectivity index (χ0v) is 8.86. The molecule has 0 saturated carbocycles. The van der Waals surface area contributed by atoms with Crippen molar-refractivity contribution in [3.63, 3.8) is 0 Å². The maximum absolute atomic E-state index is 11.7. The van der Waals surface area contributed by atoms with Crippen LogP contribution in [0.15, 0.2) is 16.8 Å². The highest BCUT2D eigenvalue weighted by Crippen LogP contribution is 2.11. The van der Waals surface area contributed by atoms with E-state index in [9.17, 15) is 4.79 Å². The summed E-state index contributed by atoms with van der Waals surface area (Å²) >= 11 is 1.57. The smallest absolute Gasteiger partial charge is 0.167 e. The van der Waals surface area contributed by atoms with Crippen molar-refractivity contribution in [1.29, 1.82) is 0 Å². The summed E-state index contributed by atoms with van der Waals surface area (Å²) in [4.78, 5) is 11.7. The van der Waals surface area contributed by atoms with Gasteiger partial charge in [0.2, 0.25) is 0 Å². The second kappa shape index (κ2) is 5.14. The molecule has 0 amide bonds. The number of ketones is 1. The topological polar surface area (TPSA) is 29.1 Å². The zero-order chi connectivity index (χ0) is 9.68. The third-order valence-electron chi connectivity index (χ3n) is 1.95. The molecular formula is C10H15NOS. The van der Waals surface area contributed by atoms with Crippen molar-refractivity contribution in [3.05, 3.63) is 22.4 Å². The second-order valence-corrected chi connectivity index (χ2v) is 3.87. The minimum absolute atomic E-state index is 0.0783. The molecule has 1 aromatic heterocycles. The molecule has 1 atom stereocenters. The van der Waals surface area contributed by atoms with E-state index in [2.05, 4.69) is 5.32 Å². The van der Waals surface area contributed by atoms with Crippen molar-refractivity contribution < 1.29 is 4.79 Å². The summed E-state index contributed by atoms with van der Waals surface area (Å²) in [6.45, 7) is 5.69. The summed E-state index contributed by atoms with van der Waals surface area (Å²) in [5.74, 6) is 0.316. The molecule has 2 nitrogen and oxygen atoms in total. The van der Waals surface area contributed by atoms with Crippen LogP contribution in [0.1, 0.15) is 24.2 Å². The summed E-state index contributed by atoms with van der Waals surface area (Å²) in [5, 5.41) is 7.02. The van der Waals surface area contributed by atoms with E-state index in [0.717, 1.165) is 18.7 Å². The number of carbonyl (C=O) groups is 1. The fourth-order valence-electron chi connectivity index (χ4n) is 1.14. The predicted molar refractivity (Wildman–Crippen MR) is 56.4 cm³/mol. The van der Waals surface area contributed by atoms with Crippen LogP contribution in [-0.2, 0) is 0 Å². The largest absolute Gasteiger partial charge is 0.316 e. The molecule has 1 rings (SSSR count). The average Bonchev–Trinajstić information content (AvgIpc) is 2.65. The third-order valence-corrected chi connectivity index (χ3v) is 2.64. The average molecular weight is 197 g/mol. The first-order valence-electron chi connectivity index (χ1n) is 4.52. The molecule has 0 aliphatic carbocycles. The quantitative estimate of drug-likeness (QED) is 0.733. The number of thiophene rings is 1. The van der Waals surface area contributed by atoms with Gasteiger partial charge in [-0.05, 0) is 18.0 Å². The van der Waals surface area contributed by atoms with Crippen molar-refractivity contribution in [2.24, 2.45) is 5.92 Å². The molecule has 0 radical (unpaired) electrons. The van der Waals surface area contributed by atoms with E-state index in [1.165, 1.54) is 0 Å². The molecule has 1 N–H and O–H groups in total. The third kappa shape index (κ3) is 2.94. The Hall–Kier alpha value is -0.670. The van der Waals surface area contributed by atoms with Crippen molar-refractivity contribution in [2.45, 2.75) is 13.8 Å². The van der Waals surface area contributed by atoms with E-state index >= 15 is 0 Å². The number of hydrogen-bond donors (Lipinski definition) is 1. The Bertz CT molecular complexity index is 256. The van der Waals surface area contributed by atoms with Gasteiger partial charge < -0.3 is 5.32 Å². The maximum atomic E-state index is 11.7. The van der Waals surface area contributed by atoms with Crippen molar-refractivity contribution in [3.8, 4) is 0 Å². The normalized spacial score (nSPS) is 12.8. The van der Waals surface area contributed by atoms with E-state index in [1.807, 2.05) is 30.7 Å². The van der Waals surface area contributed by atoms with Gasteiger partial charge >= 0.3 is 0 Å². The molecule has 0 aromatic carbocycles. The Labute approximate surface area is 83.0 Å². The van der Waals surface area contributed by atoms with Crippen LogP contribution in [0.25, 0.3) is 0 Å². The minimum Gasteiger partial charge on any atom is -0.316 e. The highest BCUT2D eigenvalue weighted by atomic mass is 32.1. The highest BCUT2D eigenvalue weighted by molar-refractivity contribution is 7.08. The number of hydrogen-bond acceptors (Lipinski definition) is 3. The van der Waals surface area contributed by atoms with Crippen molar-refractivity contribution in [1.82, 2.24) is 5.32 Å². The summed E-state index contributed by atoms with van der Waals surface area (Å²) in [5.41, 5.74) is 0.843. The van der Waals surface area contributed by atoms with Crippen LogP contribution in [0, 0.1) is 5.92 Å². The lowest BCUT2D eigenvalue weighted by Gasteiger charge is -2.08. The van der Waals surface area contributed by atoms with E-state index in [0.29, 0.717) is 0 Å². The van der Waals surface area contributed by atoms with Crippen LogP contribution in [-0.4, -0.2) is 18.9 Å². The molecule has 3 heteroatoms. The lowest BCUT2D eigenvalue weighted by Crippen LogP contribution is -2.26. The molecule has 0 saturated heterocycles. The summed E-state index contributed by atoms with van der Waals surface area (Å²) < 4.78 is 0. The van der Waals surface area contributed by atoms with Gasteiger partial charge in [0.1, 0.15) is 0 Å². The molecular weight excluding hydrogens is 182 g/mol. The maximum Gasteiger partial charge on any atom is 0.167 e. The summed E-state index contributed by atoms with van der Waals surface area (Å²) in [6.07, 6.45) is 0. The van der Waals surface area contributed by atoms with E-state index in [4.69, 9.17) is 0 Å². The van der Waals surface area contributed by atoms with E-state index < -0.39 is 0 Å². The van der Waals surface area contributed by atoms with Crippen molar-refractivity contribution >= 4 is 17.1 Å². The van der Waals surface area contributed by atoms with E-state index in [-0.39, 0.29) is 11.7 Å². The first kappa shape index (κ1) is 10.4. The van der Waals surface area contributed by atoms with Gasteiger partial charge in [0.15, 0.2) is 5.78 Å². The van der Waals surface area contributed by atoms with Gasteiger partial charge in [0, 0.05) is 23.4 Å². The Balaban J connectivity index is 2.48. The SMILES string of the molecule is CCNCC(C)C(=O)c1ccsc1. The zero-order valence-electron chi connectivity index (χ0n) is 8.04. The summed E-state index contributed by atoms with van der Waals surface area (Å²) in [7, 11) is 0. The molecule has 1 aromatic rings. The van der Waals surface area contributed by atoms with Crippen LogP contribution in [0.4, 0.5) is 0 Å². The van der Waals surface area contributed by atoms with Gasteiger partial charge in [-0.25, -0.2) is 0 Å². The Morgan fingerprint density at radius 1 is 1.69 bits per heavy atom. The molecule has 72 valence electrons. The van der Waals surface area contributed by atoms with Crippen LogP contribution < -0.4 is 5.32 Å². The summed E-state index contributed by atoms with van der Waals surface area (Å²) in [6, 6.07) is 1.88. The van der Waals surface area contributed by atoms with Gasteiger partial charge in [0.25, 0.3) is 0 Å². The lowest BCUT2D eigenvalue weighted by molar-refractivity contribution is 0.0930. The predicted octanol–water partition coefficient (Wildman–Crippen LogP) is 2.18. The Kier molecular flexibility index (Phi) is 4.12. The molecule has 0 spiro atoms. The molecule has 0 aliphatic rings. The monoisotopic (exact) mass is 197 g/mol. The van der Waals surface area contributed by atoms with Gasteiger partial charge in [-0.15, -0.1) is 0 Å². The van der Waals surface area contributed by atoms with Crippen LogP contribution in [0.5, 0.6) is 0 Å². The standard InChI is InChI=1S/C10H15NOS/c1-3-11-6-8(2)10(12)9-4-5-13-7-9/h4-5,7-8,11H,3,6H2,1-2H3. The van der Waals surface area contributed by atoms with Crippen molar-refractivity contribution in [2.75, 3.05) is 13.1 Å². The lowest BCUT2D eigenvalue weighted by atomic mass is 10.0. The van der Waals surface area contributed by atoms with Gasteiger partial charge in [-0.1, -0.05) is 13.8 Å². The van der Waals surface area contributed by atoms with E-state index in [1.54, 1.807) is 11.3 Å². The highest BCUT2D eigenvalue weighted by Gasteiger charge is 2.14. The molecule has 1 unspecified atom stereocenters. The first-order chi connectivity index (χ1) is 6.25. The molecule has 0 aliphatic heterocycles. The van der Waals surface area contributed by atoms with Crippen LogP contribution in [0.2, 0.25) is 0 Å². The van der Waals surface area contributed by atoms with Gasteiger partial charge in [-0.2, -0.15) is 11.3 Å². The minimum atomic E-state index is 0.0783.